The van der Waals surface area contributed by atoms with Gasteiger partial charge in [-0.3, -0.25) is 14.5 Å². The van der Waals surface area contributed by atoms with Crippen molar-refractivity contribution in [1.29, 1.82) is 0 Å². The predicted molar refractivity (Wildman–Crippen MR) is 84.1 cm³/mol. The molecular weight excluding hydrogens is 300 g/mol. The van der Waals surface area contributed by atoms with E-state index in [0.717, 1.165) is 0 Å². The minimum atomic E-state index is -0.843. The molecule has 1 saturated heterocycles. The highest BCUT2D eigenvalue weighted by molar-refractivity contribution is 5.95. The van der Waals surface area contributed by atoms with Gasteiger partial charge in [0, 0.05) is 31.7 Å². The maximum Gasteiger partial charge on any atom is 0.320 e. The summed E-state index contributed by atoms with van der Waals surface area (Å²) in [4.78, 5) is 27.2. The second-order valence-corrected chi connectivity index (χ2v) is 5.41. The first-order valence-electron chi connectivity index (χ1n) is 7.46. The summed E-state index contributed by atoms with van der Waals surface area (Å²) >= 11 is 0. The lowest BCUT2D eigenvalue weighted by molar-refractivity contribution is -0.143. The number of carbonyl (C=O) groups excluding carboxylic acids is 1. The Balaban J connectivity index is 2.04. The van der Waals surface area contributed by atoms with E-state index in [1.807, 2.05) is 4.90 Å². The molecule has 0 radical (unpaired) electrons. The number of aliphatic carboxylic acids is 1. The van der Waals surface area contributed by atoms with Crippen molar-refractivity contribution in [2.24, 2.45) is 0 Å². The summed E-state index contributed by atoms with van der Waals surface area (Å²) in [5.74, 6) is 0.152. The van der Waals surface area contributed by atoms with Gasteiger partial charge in [0.05, 0.1) is 14.2 Å². The number of methoxy groups -OCH3 is 2. The standard InChI is InChI=1S/C16H22N2O5/c1-11(16(20)21)17-6-8-18(9-7-17)15(19)12-4-5-13(22-2)14(10-12)23-3/h4-5,10-11H,6-9H2,1-3H3,(H,20,21)/t11-/m0/s1. The van der Waals surface area contributed by atoms with Crippen LogP contribution in [0.5, 0.6) is 11.5 Å². The molecule has 7 nitrogen and oxygen atoms in total. The monoisotopic (exact) mass is 322 g/mol. The topological polar surface area (TPSA) is 79.3 Å². The quantitative estimate of drug-likeness (QED) is 0.869. The Kier molecular flexibility index (Phi) is 5.44. The molecule has 1 atom stereocenters. The van der Waals surface area contributed by atoms with Gasteiger partial charge in [-0.25, -0.2) is 0 Å². The molecule has 0 unspecified atom stereocenters. The molecule has 1 aliphatic heterocycles. The Labute approximate surface area is 135 Å². The van der Waals surface area contributed by atoms with Crippen LogP contribution >= 0.6 is 0 Å². The van der Waals surface area contributed by atoms with Crippen LogP contribution in [0, 0.1) is 0 Å². The van der Waals surface area contributed by atoms with Crippen molar-refractivity contribution in [2.75, 3.05) is 40.4 Å². The van der Waals surface area contributed by atoms with Gasteiger partial charge in [-0.1, -0.05) is 0 Å². The number of benzene rings is 1. The van der Waals surface area contributed by atoms with Gasteiger partial charge < -0.3 is 19.5 Å². The van der Waals surface area contributed by atoms with E-state index in [1.54, 1.807) is 37.1 Å². The SMILES string of the molecule is COc1ccc(C(=O)N2CCN([C@@H](C)C(=O)O)CC2)cc1OC. The molecule has 1 aromatic rings. The average Bonchev–Trinajstić information content (AvgIpc) is 2.59. The highest BCUT2D eigenvalue weighted by atomic mass is 16.5. The molecule has 1 amide bonds. The molecule has 0 bridgehead atoms. The van der Waals surface area contributed by atoms with E-state index in [1.165, 1.54) is 7.11 Å². The Morgan fingerprint density at radius 3 is 2.22 bits per heavy atom. The number of rotatable bonds is 5. The number of piperazine rings is 1. The summed E-state index contributed by atoms with van der Waals surface area (Å²) in [5, 5.41) is 9.05. The third-order valence-electron chi connectivity index (χ3n) is 4.14. The molecule has 1 heterocycles. The van der Waals surface area contributed by atoms with Crippen molar-refractivity contribution in [2.45, 2.75) is 13.0 Å². The zero-order valence-corrected chi connectivity index (χ0v) is 13.6. The highest BCUT2D eigenvalue weighted by Gasteiger charge is 2.27. The number of amides is 1. The number of nitrogens with zero attached hydrogens (tertiary/aromatic N) is 2. The molecule has 126 valence electrons. The van der Waals surface area contributed by atoms with Crippen LogP contribution in [0.3, 0.4) is 0 Å². The van der Waals surface area contributed by atoms with Crippen LogP contribution in [0.4, 0.5) is 0 Å². The number of ether oxygens (including phenoxy) is 2. The van der Waals surface area contributed by atoms with Crippen LogP contribution in [-0.2, 0) is 4.79 Å². The number of hydrogen-bond donors (Lipinski definition) is 1. The molecule has 1 aliphatic rings. The van der Waals surface area contributed by atoms with Crippen molar-refractivity contribution >= 4 is 11.9 Å². The van der Waals surface area contributed by atoms with Gasteiger partial charge in [-0.05, 0) is 25.1 Å². The van der Waals surface area contributed by atoms with Crippen molar-refractivity contribution in [3.8, 4) is 11.5 Å². The Bertz CT molecular complexity index is 582. The lowest BCUT2D eigenvalue weighted by Crippen LogP contribution is -2.53. The van der Waals surface area contributed by atoms with E-state index in [-0.39, 0.29) is 5.91 Å². The lowest BCUT2D eigenvalue weighted by atomic mass is 10.1. The zero-order chi connectivity index (χ0) is 17.0. The van der Waals surface area contributed by atoms with Crippen LogP contribution < -0.4 is 9.47 Å². The molecule has 0 aliphatic carbocycles. The fourth-order valence-electron chi connectivity index (χ4n) is 2.62. The molecule has 0 aromatic heterocycles. The summed E-state index contributed by atoms with van der Waals surface area (Å²) in [5.41, 5.74) is 0.530. The van der Waals surface area contributed by atoms with Gasteiger partial charge in [0.1, 0.15) is 6.04 Å². The summed E-state index contributed by atoms with van der Waals surface area (Å²) in [6.07, 6.45) is 0. The molecular formula is C16H22N2O5. The average molecular weight is 322 g/mol. The first-order valence-corrected chi connectivity index (χ1v) is 7.46. The fraction of sp³-hybridized carbons (Fsp3) is 0.500. The largest absolute Gasteiger partial charge is 0.493 e. The van der Waals surface area contributed by atoms with E-state index >= 15 is 0 Å². The molecule has 23 heavy (non-hydrogen) atoms. The normalized spacial score (nSPS) is 16.7. The van der Waals surface area contributed by atoms with E-state index in [2.05, 4.69) is 0 Å². The third kappa shape index (κ3) is 3.73. The lowest BCUT2D eigenvalue weighted by Gasteiger charge is -2.36. The molecule has 2 rings (SSSR count). The van der Waals surface area contributed by atoms with Gasteiger partial charge in [0.2, 0.25) is 0 Å². The van der Waals surface area contributed by atoms with E-state index in [4.69, 9.17) is 14.6 Å². The van der Waals surface area contributed by atoms with Gasteiger partial charge in [-0.2, -0.15) is 0 Å². The van der Waals surface area contributed by atoms with E-state index in [9.17, 15) is 9.59 Å². The molecule has 1 aromatic carbocycles. The second kappa shape index (κ2) is 7.32. The predicted octanol–water partition coefficient (Wildman–Crippen LogP) is 0.935. The van der Waals surface area contributed by atoms with Crippen LogP contribution in [-0.4, -0.2) is 73.2 Å². The maximum absolute atomic E-state index is 12.6. The summed E-state index contributed by atoms with van der Waals surface area (Å²) in [6, 6.07) is 4.53. The number of hydrogen-bond acceptors (Lipinski definition) is 5. The number of carboxylic acid groups (broad SMARTS) is 1. The van der Waals surface area contributed by atoms with Gasteiger partial charge in [0.25, 0.3) is 5.91 Å². The molecule has 1 N–H and O–H groups in total. The van der Waals surface area contributed by atoms with Crippen molar-refractivity contribution in [1.82, 2.24) is 9.80 Å². The smallest absolute Gasteiger partial charge is 0.320 e. The highest BCUT2D eigenvalue weighted by Crippen LogP contribution is 2.28. The Hall–Kier alpha value is -2.28. The van der Waals surface area contributed by atoms with Crippen molar-refractivity contribution in [3.63, 3.8) is 0 Å². The molecule has 0 saturated carbocycles. The van der Waals surface area contributed by atoms with Crippen LogP contribution in [0.25, 0.3) is 0 Å². The zero-order valence-electron chi connectivity index (χ0n) is 13.6. The first kappa shape index (κ1) is 17.1. The summed E-state index contributed by atoms with van der Waals surface area (Å²) in [6.45, 7) is 3.77. The van der Waals surface area contributed by atoms with Crippen LogP contribution in [0.1, 0.15) is 17.3 Å². The number of carboxylic acids is 1. The number of carbonyl (C=O) groups is 2. The van der Waals surface area contributed by atoms with E-state index in [0.29, 0.717) is 43.2 Å². The maximum atomic E-state index is 12.6. The van der Waals surface area contributed by atoms with Crippen LogP contribution in [0.2, 0.25) is 0 Å². The fourth-order valence-corrected chi connectivity index (χ4v) is 2.62. The summed E-state index contributed by atoms with van der Waals surface area (Å²) in [7, 11) is 3.07. The van der Waals surface area contributed by atoms with E-state index < -0.39 is 12.0 Å². The van der Waals surface area contributed by atoms with Gasteiger partial charge in [0.15, 0.2) is 11.5 Å². The Morgan fingerprint density at radius 2 is 1.70 bits per heavy atom. The van der Waals surface area contributed by atoms with Crippen molar-refractivity contribution < 1.29 is 24.2 Å². The second-order valence-electron chi connectivity index (χ2n) is 5.41. The first-order chi connectivity index (χ1) is 11.0. The van der Waals surface area contributed by atoms with Gasteiger partial charge in [-0.15, -0.1) is 0 Å². The van der Waals surface area contributed by atoms with Gasteiger partial charge >= 0.3 is 5.97 Å². The summed E-state index contributed by atoms with van der Waals surface area (Å²) < 4.78 is 10.4. The molecule has 1 fully saturated rings. The third-order valence-corrected chi connectivity index (χ3v) is 4.14. The van der Waals surface area contributed by atoms with Crippen molar-refractivity contribution in [3.05, 3.63) is 23.8 Å². The molecule has 7 heteroatoms. The Morgan fingerprint density at radius 1 is 1.09 bits per heavy atom. The molecule has 0 spiro atoms. The van der Waals surface area contributed by atoms with Crippen LogP contribution in [0.15, 0.2) is 18.2 Å². The minimum Gasteiger partial charge on any atom is -0.493 e. The minimum absolute atomic E-state index is 0.0893.